The predicted octanol–water partition coefficient (Wildman–Crippen LogP) is 4.69. The third-order valence-electron chi connectivity index (χ3n) is 2.56. The maximum atomic E-state index is 12.2. The quantitative estimate of drug-likeness (QED) is 0.764. The van der Waals surface area contributed by atoms with Crippen LogP contribution in [0, 0.1) is 0 Å². The average Bonchev–Trinajstić information content (AvgIpc) is 2.43. The zero-order chi connectivity index (χ0) is 14.8. The van der Waals surface area contributed by atoms with Crippen LogP contribution in [0.5, 0.6) is 0 Å². The van der Waals surface area contributed by atoms with E-state index in [1.54, 1.807) is 18.2 Å². The molecule has 0 aliphatic rings. The fourth-order valence-corrected chi connectivity index (χ4v) is 3.37. The highest BCUT2D eigenvalue weighted by Gasteiger charge is 2.15. The molecule has 20 heavy (non-hydrogen) atoms. The van der Waals surface area contributed by atoms with E-state index in [1.165, 1.54) is 24.3 Å². The molecule has 106 valence electrons. The molecule has 0 saturated heterocycles. The third kappa shape index (κ3) is 3.67. The SMILES string of the molecule is O=S(=O)(Nc1cc(Cl)ccc1Cl)c1ccc(CBr)cc1. The van der Waals surface area contributed by atoms with Gasteiger partial charge in [0, 0.05) is 10.4 Å². The van der Waals surface area contributed by atoms with Crippen LogP contribution in [0.2, 0.25) is 10.0 Å². The highest BCUT2D eigenvalue weighted by molar-refractivity contribution is 9.08. The van der Waals surface area contributed by atoms with Gasteiger partial charge in [0.1, 0.15) is 0 Å². The Bertz CT molecular complexity index is 718. The number of alkyl halides is 1. The fraction of sp³-hybridized carbons (Fsp3) is 0.0769. The lowest BCUT2D eigenvalue weighted by Gasteiger charge is -2.10. The smallest absolute Gasteiger partial charge is 0.261 e. The number of benzene rings is 2. The van der Waals surface area contributed by atoms with Gasteiger partial charge in [-0.05, 0) is 35.9 Å². The maximum absolute atomic E-state index is 12.2. The molecule has 1 N–H and O–H groups in total. The van der Waals surface area contributed by atoms with Gasteiger partial charge in [-0.15, -0.1) is 0 Å². The van der Waals surface area contributed by atoms with Gasteiger partial charge >= 0.3 is 0 Å². The van der Waals surface area contributed by atoms with Crippen molar-refractivity contribution in [3.8, 4) is 0 Å². The van der Waals surface area contributed by atoms with Gasteiger partial charge in [-0.25, -0.2) is 8.42 Å². The molecule has 2 aromatic carbocycles. The Morgan fingerprint density at radius 2 is 1.70 bits per heavy atom. The molecule has 0 unspecified atom stereocenters. The first kappa shape index (κ1) is 15.6. The van der Waals surface area contributed by atoms with Crippen molar-refractivity contribution in [2.24, 2.45) is 0 Å². The van der Waals surface area contributed by atoms with Gasteiger partial charge in [0.2, 0.25) is 0 Å². The molecular formula is C13H10BrCl2NO2S. The second-order valence-corrected chi connectivity index (χ2v) is 7.09. The standard InChI is InChI=1S/C13H10BrCl2NO2S/c14-8-9-1-4-11(5-2-9)20(18,19)17-13-7-10(15)3-6-12(13)16/h1-7,17H,8H2. The van der Waals surface area contributed by atoms with Crippen LogP contribution in [-0.2, 0) is 15.4 Å². The summed E-state index contributed by atoms with van der Waals surface area (Å²) in [6, 6.07) is 11.1. The van der Waals surface area contributed by atoms with Crippen LogP contribution >= 0.6 is 39.1 Å². The first-order chi connectivity index (χ1) is 9.42. The number of hydrogen-bond acceptors (Lipinski definition) is 2. The molecule has 0 aromatic heterocycles. The van der Waals surface area contributed by atoms with Gasteiger partial charge in [0.25, 0.3) is 10.0 Å². The third-order valence-corrected chi connectivity index (χ3v) is 5.15. The molecule has 0 bridgehead atoms. The van der Waals surface area contributed by atoms with Crippen molar-refractivity contribution in [1.82, 2.24) is 0 Å². The lowest BCUT2D eigenvalue weighted by atomic mass is 10.2. The van der Waals surface area contributed by atoms with Crippen LogP contribution < -0.4 is 4.72 Å². The topological polar surface area (TPSA) is 46.2 Å². The Kier molecular flexibility index (Phi) is 4.96. The van der Waals surface area contributed by atoms with E-state index in [0.29, 0.717) is 10.4 Å². The zero-order valence-corrected chi connectivity index (χ0v) is 14.0. The molecule has 0 spiro atoms. The van der Waals surface area contributed by atoms with Crippen molar-refractivity contribution in [2.75, 3.05) is 4.72 Å². The second-order valence-electron chi connectivity index (χ2n) is 4.01. The summed E-state index contributed by atoms with van der Waals surface area (Å²) < 4.78 is 26.9. The van der Waals surface area contributed by atoms with Gasteiger partial charge in [0.15, 0.2) is 0 Å². The lowest BCUT2D eigenvalue weighted by Crippen LogP contribution is -2.13. The van der Waals surface area contributed by atoms with E-state index in [1.807, 2.05) is 0 Å². The van der Waals surface area contributed by atoms with Crippen LogP contribution in [0.4, 0.5) is 5.69 Å². The molecule has 0 heterocycles. The minimum atomic E-state index is -3.69. The normalized spacial score (nSPS) is 11.3. The van der Waals surface area contributed by atoms with E-state index in [2.05, 4.69) is 20.7 Å². The van der Waals surface area contributed by atoms with Gasteiger partial charge in [-0.1, -0.05) is 51.3 Å². The summed E-state index contributed by atoms with van der Waals surface area (Å²) in [5, 5.41) is 1.36. The summed E-state index contributed by atoms with van der Waals surface area (Å²) in [6.45, 7) is 0. The highest BCUT2D eigenvalue weighted by atomic mass is 79.9. The van der Waals surface area contributed by atoms with Crippen LogP contribution in [0.3, 0.4) is 0 Å². The molecule has 0 fully saturated rings. The minimum Gasteiger partial charge on any atom is -0.278 e. The highest BCUT2D eigenvalue weighted by Crippen LogP contribution is 2.27. The monoisotopic (exact) mass is 393 g/mol. The molecule has 0 atom stereocenters. The number of halogens is 3. The van der Waals surface area contributed by atoms with Gasteiger partial charge in [-0.2, -0.15) is 0 Å². The molecular weight excluding hydrogens is 385 g/mol. The van der Waals surface area contributed by atoms with Crippen molar-refractivity contribution in [1.29, 1.82) is 0 Å². The summed E-state index contributed by atoms with van der Waals surface area (Å²) in [6.07, 6.45) is 0. The molecule has 7 heteroatoms. The van der Waals surface area contributed by atoms with E-state index in [9.17, 15) is 8.42 Å². The first-order valence-corrected chi connectivity index (χ1v) is 8.91. The van der Waals surface area contributed by atoms with Crippen LogP contribution in [0.25, 0.3) is 0 Å². The Hall–Kier alpha value is -0.750. The average molecular weight is 395 g/mol. The largest absolute Gasteiger partial charge is 0.278 e. The van der Waals surface area contributed by atoms with Crippen LogP contribution in [-0.4, -0.2) is 8.42 Å². The molecule has 2 rings (SSSR count). The summed E-state index contributed by atoms with van der Waals surface area (Å²) >= 11 is 15.1. The van der Waals surface area contributed by atoms with Gasteiger partial charge in [0.05, 0.1) is 15.6 Å². The Morgan fingerprint density at radius 3 is 2.30 bits per heavy atom. The number of rotatable bonds is 4. The van der Waals surface area contributed by atoms with E-state index in [4.69, 9.17) is 23.2 Å². The molecule has 2 aromatic rings. The Balaban J connectivity index is 2.32. The fourth-order valence-electron chi connectivity index (χ4n) is 1.54. The maximum Gasteiger partial charge on any atom is 0.261 e. The first-order valence-electron chi connectivity index (χ1n) is 5.55. The summed E-state index contributed by atoms with van der Waals surface area (Å²) in [4.78, 5) is 0.165. The summed E-state index contributed by atoms with van der Waals surface area (Å²) in [5.41, 5.74) is 1.24. The molecule has 3 nitrogen and oxygen atoms in total. The van der Waals surface area contributed by atoms with Crippen molar-refractivity contribution >= 4 is 54.8 Å². The van der Waals surface area contributed by atoms with Crippen molar-refractivity contribution < 1.29 is 8.42 Å². The molecule has 0 aliphatic carbocycles. The van der Waals surface area contributed by atoms with E-state index in [0.717, 1.165) is 5.56 Å². The van der Waals surface area contributed by atoms with Crippen molar-refractivity contribution in [3.63, 3.8) is 0 Å². The predicted molar refractivity (Wildman–Crippen MR) is 86.3 cm³/mol. The van der Waals surface area contributed by atoms with Crippen LogP contribution in [0.1, 0.15) is 5.56 Å². The molecule has 0 aliphatic heterocycles. The van der Waals surface area contributed by atoms with E-state index in [-0.39, 0.29) is 15.6 Å². The number of nitrogens with one attached hydrogen (secondary N) is 1. The molecule has 0 radical (unpaired) electrons. The van der Waals surface area contributed by atoms with E-state index < -0.39 is 10.0 Å². The second kappa shape index (κ2) is 6.35. The lowest BCUT2D eigenvalue weighted by molar-refractivity contribution is 0.601. The Morgan fingerprint density at radius 1 is 1.05 bits per heavy atom. The minimum absolute atomic E-state index is 0.165. The number of hydrogen-bond donors (Lipinski definition) is 1. The van der Waals surface area contributed by atoms with E-state index >= 15 is 0 Å². The van der Waals surface area contributed by atoms with Gasteiger partial charge < -0.3 is 0 Å². The molecule has 0 saturated carbocycles. The van der Waals surface area contributed by atoms with Crippen molar-refractivity contribution in [2.45, 2.75) is 10.2 Å². The van der Waals surface area contributed by atoms with Crippen LogP contribution in [0.15, 0.2) is 47.4 Å². The van der Waals surface area contributed by atoms with Crippen molar-refractivity contribution in [3.05, 3.63) is 58.1 Å². The Labute approximate surface area is 136 Å². The summed E-state index contributed by atoms with van der Waals surface area (Å²) in [7, 11) is -3.69. The van der Waals surface area contributed by atoms with Gasteiger partial charge in [-0.3, -0.25) is 4.72 Å². The zero-order valence-electron chi connectivity index (χ0n) is 10.1. The number of sulfonamides is 1. The number of anilines is 1. The summed E-state index contributed by atoms with van der Waals surface area (Å²) in [5.74, 6) is 0. The molecule has 0 amide bonds.